The van der Waals surface area contributed by atoms with Gasteiger partial charge in [0.2, 0.25) is 5.91 Å². The number of carbonyl (C=O) groups excluding carboxylic acids is 1. The molecule has 1 aliphatic carbocycles. The first-order chi connectivity index (χ1) is 9.52. The first kappa shape index (κ1) is 13.0. The van der Waals surface area contributed by atoms with Gasteiger partial charge in [0.25, 0.3) is 0 Å². The highest BCUT2D eigenvalue weighted by atomic mass is 16.5. The molecule has 1 heterocycles. The first-order valence-electron chi connectivity index (χ1n) is 6.99. The summed E-state index contributed by atoms with van der Waals surface area (Å²) in [6, 6.07) is 6.25. The van der Waals surface area contributed by atoms with E-state index in [0.717, 1.165) is 35.1 Å². The maximum Gasteiger partial charge on any atom is 0.230 e. The van der Waals surface area contributed by atoms with Crippen LogP contribution in [0.15, 0.2) is 24.4 Å². The normalized spacial score (nSPS) is 15.3. The van der Waals surface area contributed by atoms with Crippen LogP contribution in [0.5, 0.6) is 5.75 Å². The van der Waals surface area contributed by atoms with Crippen LogP contribution in [0.25, 0.3) is 10.9 Å². The standard InChI is InChI=1S/C16H20N2O2/c1-16(2,15(19)18-10-4-5-10)13-9-17-14-7-6-11(20-3)8-12(13)14/h6-10,17H,4-5H2,1-3H3,(H,18,19). The number of nitrogens with one attached hydrogen (secondary N) is 2. The molecule has 0 aliphatic heterocycles. The lowest BCUT2D eigenvalue weighted by Gasteiger charge is -2.23. The summed E-state index contributed by atoms with van der Waals surface area (Å²) in [6.07, 6.45) is 4.13. The van der Waals surface area contributed by atoms with Gasteiger partial charge in [0, 0.05) is 23.1 Å². The van der Waals surface area contributed by atoms with Crippen LogP contribution in [-0.2, 0) is 10.2 Å². The lowest BCUT2D eigenvalue weighted by molar-refractivity contribution is -0.125. The van der Waals surface area contributed by atoms with E-state index in [1.807, 2.05) is 38.2 Å². The van der Waals surface area contributed by atoms with Crippen LogP contribution >= 0.6 is 0 Å². The van der Waals surface area contributed by atoms with Crippen molar-refractivity contribution in [3.63, 3.8) is 0 Å². The fourth-order valence-corrected chi connectivity index (χ4v) is 2.46. The second kappa shape index (κ2) is 4.54. The van der Waals surface area contributed by atoms with E-state index >= 15 is 0 Å². The highest BCUT2D eigenvalue weighted by Crippen LogP contribution is 2.33. The van der Waals surface area contributed by atoms with Crippen molar-refractivity contribution in [2.24, 2.45) is 0 Å². The fraction of sp³-hybridized carbons (Fsp3) is 0.438. The molecule has 2 aromatic rings. The molecule has 0 atom stereocenters. The van der Waals surface area contributed by atoms with Crippen molar-refractivity contribution >= 4 is 16.8 Å². The molecule has 4 heteroatoms. The van der Waals surface area contributed by atoms with E-state index in [-0.39, 0.29) is 5.91 Å². The summed E-state index contributed by atoms with van der Waals surface area (Å²) in [5, 5.41) is 4.13. The van der Waals surface area contributed by atoms with Crippen molar-refractivity contribution in [3.05, 3.63) is 30.0 Å². The monoisotopic (exact) mass is 272 g/mol. The summed E-state index contributed by atoms with van der Waals surface area (Å²) < 4.78 is 5.28. The van der Waals surface area contributed by atoms with E-state index in [1.165, 1.54) is 0 Å². The molecule has 1 fully saturated rings. The molecule has 1 aliphatic rings. The van der Waals surface area contributed by atoms with Gasteiger partial charge in [-0.05, 0) is 50.5 Å². The summed E-state index contributed by atoms with van der Waals surface area (Å²) in [6.45, 7) is 3.93. The molecule has 0 radical (unpaired) electrons. The van der Waals surface area contributed by atoms with Crippen LogP contribution in [0.4, 0.5) is 0 Å². The fourth-order valence-electron chi connectivity index (χ4n) is 2.46. The van der Waals surface area contributed by atoms with Gasteiger partial charge in [0.05, 0.1) is 12.5 Å². The average Bonchev–Trinajstić information content (AvgIpc) is 3.14. The van der Waals surface area contributed by atoms with Gasteiger partial charge >= 0.3 is 0 Å². The van der Waals surface area contributed by atoms with E-state index < -0.39 is 5.41 Å². The van der Waals surface area contributed by atoms with Gasteiger partial charge in [0.15, 0.2) is 0 Å². The molecule has 4 nitrogen and oxygen atoms in total. The first-order valence-corrected chi connectivity index (χ1v) is 6.99. The Hall–Kier alpha value is -1.97. The Bertz CT molecular complexity index is 654. The number of aromatic amines is 1. The summed E-state index contributed by atoms with van der Waals surface area (Å²) in [5.74, 6) is 0.889. The molecule has 106 valence electrons. The SMILES string of the molecule is COc1ccc2[nH]cc(C(C)(C)C(=O)NC3CC3)c2c1. The number of carbonyl (C=O) groups is 1. The summed E-state index contributed by atoms with van der Waals surface area (Å²) in [5.41, 5.74) is 1.46. The van der Waals surface area contributed by atoms with Crippen molar-refractivity contribution in [2.45, 2.75) is 38.1 Å². The van der Waals surface area contributed by atoms with Crippen LogP contribution in [0.2, 0.25) is 0 Å². The number of ether oxygens (including phenoxy) is 1. The Morgan fingerprint density at radius 1 is 1.40 bits per heavy atom. The Labute approximate surface area is 118 Å². The van der Waals surface area contributed by atoms with Crippen LogP contribution < -0.4 is 10.1 Å². The quantitative estimate of drug-likeness (QED) is 0.899. The highest BCUT2D eigenvalue weighted by molar-refractivity contribution is 5.95. The second-order valence-electron chi connectivity index (χ2n) is 5.99. The van der Waals surface area contributed by atoms with Crippen molar-refractivity contribution < 1.29 is 9.53 Å². The zero-order valence-corrected chi connectivity index (χ0v) is 12.1. The maximum absolute atomic E-state index is 12.5. The van der Waals surface area contributed by atoms with E-state index in [0.29, 0.717) is 6.04 Å². The smallest absolute Gasteiger partial charge is 0.230 e. The number of hydrogen-bond acceptors (Lipinski definition) is 2. The van der Waals surface area contributed by atoms with Crippen LogP contribution in [-0.4, -0.2) is 24.0 Å². The second-order valence-corrected chi connectivity index (χ2v) is 5.99. The van der Waals surface area contributed by atoms with Gasteiger partial charge in [-0.15, -0.1) is 0 Å². The Morgan fingerprint density at radius 3 is 2.80 bits per heavy atom. The minimum Gasteiger partial charge on any atom is -0.497 e. The molecule has 2 N–H and O–H groups in total. The van der Waals surface area contributed by atoms with Crippen molar-refractivity contribution in [1.82, 2.24) is 10.3 Å². The number of fused-ring (bicyclic) bond motifs is 1. The predicted octanol–water partition coefficient (Wildman–Crippen LogP) is 2.73. The lowest BCUT2D eigenvalue weighted by atomic mass is 9.83. The number of benzene rings is 1. The lowest BCUT2D eigenvalue weighted by Crippen LogP contribution is -2.41. The molecular formula is C16H20N2O2. The third kappa shape index (κ3) is 2.15. The highest BCUT2D eigenvalue weighted by Gasteiger charge is 2.35. The van der Waals surface area contributed by atoms with E-state index in [2.05, 4.69) is 10.3 Å². The third-order valence-electron chi connectivity index (χ3n) is 4.04. The number of rotatable bonds is 4. The predicted molar refractivity (Wildman–Crippen MR) is 79.0 cm³/mol. The van der Waals surface area contributed by atoms with Gasteiger partial charge < -0.3 is 15.0 Å². The Kier molecular flexibility index (Phi) is 2.96. The van der Waals surface area contributed by atoms with Crippen LogP contribution in [0, 0.1) is 0 Å². The average molecular weight is 272 g/mol. The van der Waals surface area contributed by atoms with Crippen molar-refractivity contribution in [2.75, 3.05) is 7.11 Å². The van der Waals surface area contributed by atoms with E-state index in [4.69, 9.17) is 4.74 Å². The molecule has 1 amide bonds. The zero-order valence-electron chi connectivity index (χ0n) is 12.1. The topological polar surface area (TPSA) is 54.1 Å². The van der Waals surface area contributed by atoms with Gasteiger partial charge in [-0.25, -0.2) is 0 Å². The number of hydrogen-bond donors (Lipinski definition) is 2. The molecule has 20 heavy (non-hydrogen) atoms. The molecule has 0 saturated heterocycles. The van der Waals surface area contributed by atoms with Crippen molar-refractivity contribution in [1.29, 1.82) is 0 Å². The summed E-state index contributed by atoms with van der Waals surface area (Å²) >= 11 is 0. The third-order valence-corrected chi connectivity index (χ3v) is 4.04. The minimum atomic E-state index is -0.562. The minimum absolute atomic E-state index is 0.0868. The van der Waals surface area contributed by atoms with Gasteiger partial charge in [-0.1, -0.05) is 0 Å². The van der Waals surface area contributed by atoms with Crippen LogP contribution in [0.3, 0.4) is 0 Å². The van der Waals surface area contributed by atoms with Gasteiger partial charge in [0.1, 0.15) is 5.75 Å². The number of H-pyrrole nitrogens is 1. The van der Waals surface area contributed by atoms with Gasteiger partial charge in [-0.3, -0.25) is 4.79 Å². The summed E-state index contributed by atoms with van der Waals surface area (Å²) in [7, 11) is 1.65. The van der Waals surface area contributed by atoms with Crippen molar-refractivity contribution in [3.8, 4) is 5.75 Å². The Balaban J connectivity index is 2.00. The van der Waals surface area contributed by atoms with Gasteiger partial charge in [-0.2, -0.15) is 0 Å². The largest absolute Gasteiger partial charge is 0.497 e. The zero-order chi connectivity index (χ0) is 14.3. The number of methoxy groups -OCH3 is 1. The number of aromatic nitrogens is 1. The maximum atomic E-state index is 12.5. The molecule has 1 saturated carbocycles. The molecule has 0 bridgehead atoms. The van der Waals surface area contributed by atoms with Crippen LogP contribution in [0.1, 0.15) is 32.3 Å². The molecule has 0 spiro atoms. The Morgan fingerprint density at radius 2 is 2.15 bits per heavy atom. The molecule has 3 rings (SSSR count). The molecule has 1 aromatic heterocycles. The van der Waals surface area contributed by atoms with E-state index in [9.17, 15) is 4.79 Å². The molecule has 0 unspecified atom stereocenters. The number of amides is 1. The molecule has 1 aromatic carbocycles. The molecular weight excluding hydrogens is 252 g/mol. The summed E-state index contributed by atoms with van der Waals surface area (Å²) in [4.78, 5) is 15.7. The van der Waals surface area contributed by atoms with E-state index in [1.54, 1.807) is 7.11 Å².